The fourth-order valence-electron chi connectivity index (χ4n) is 1.11. The second-order valence-corrected chi connectivity index (χ2v) is 3.78. The average Bonchev–Trinajstić information content (AvgIpc) is 1.88. The molecular formula is C7H14N2V. The minimum atomic E-state index is 0.682. The molecule has 0 aliphatic carbocycles. The third-order valence-electron chi connectivity index (χ3n) is 1.81. The summed E-state index contributed by atoms with van der Waals surface area (Å²) in [4.78, 5) is 2.46. The van der Waals surface area contributed by atoms with E-state index in [1.54, 1.807) is 0 Å². The van der Waals surface area contributed by atoms with Crippen molar-refractivity contribution >= 4 is 4.35 Å². The zero-order chi connectivity index (χ0) is 7.56. The Hall–Kier alpha value is 0.374. The molecule has 1 heterocycles. The van der Waals surface area contributed by atoms with Crippen molar-refractivity contribution < 1.29 is 17.0 Å². The van der Waals surface area contributed by atoms with Crippen LogP contribution in [0.15, 0.2) is 0 Å². The van der Waals surface area contributed by atoms with Crippen LogP contribution in [-0.4, -0.2) is 34.9 Å². The summed E-state index contributed by atoms with van der Waals surface area (Å²) in [5, 5.41) is 3.31. The van der Waals surface area contributed by atoms with Crippen LogP contribution in [0.4, 0.5) is 0 Å². The van der Waals surface area contributed by atoms with Gasteiger partial charge in [-0.15, -0.1) is 0 Å². The van der Waals surface area contributed by atoms with E-state index in [0.717, 1.165) is 13.1 Å². The van der Waals surface area contributed by atoms with Crippen LogP contribution in [-0.2, 0) is 17.0 Å². The van der Waals surface area contributed by atoms with Gasteiger partial charge in [0.15, 0.2) is 0 Å². The van der Waals surface area contributed by atoms with Gasteiger partial charge in [-0.25, -0.2) is 0 Å². The molecule has 57 valence electrons. The van der Waals surface area contributed by atoms with Gasteiger partial charge in [-0.05, 0) is 0 Å². The summed E-state index contributed by atoms with van der Waals surface area (Å²) >= 11 is 2.59. The van der Waals surface area contributed by atoms with Gasteiger partial charge >= 0.3 is 71.1 Å². The maximum absolute atomic E-state index is 3.31. The molecule has 3 heteroatoms. The van der Waals surface area contributed by atoms with Crippen molar-refractivity contribution in [1.29, 1.82) is 0 Å². The second kappa shape index (κ2) is 3.68. The summed E-state index contributed by atoms with van der Waals surface area (Å²) in [6, 6.07) is 0.682. The summed E-state index contributed by atoms with van der Waals surface area (Å²) in [5.74, 6) is 0. The Labute approximate surface area is 71.5 Å². The zero-order valence-electron chi connectivity index (χ0n) is 6.59. The fraction of sp³-hybridized carbons (Fsp3) is 0.857. The molecule has 0 radical (unpaired) electrons. The molecule has 0 spiro atoms. The SMILES string of the molecule is CC(C)N1CCN[C](=[V])C1. The number of nitrogens with one attached hydrogen (secondary N) is 1. The van der Waals surface area contributed by atoms with Gasteiger partial charge in [-0.3, -0.25) is 0 Å². The van der Waals surface area contributed by atoms with Gasteiger partial charge in [0, 0.05) is 0 Å². The fourth-order valence-corrected chi connectivity index (χ4v) is 1.57. The van der Waals surface area contributed by atoms with Crippen LogP contribution < -0.4 is 5.32 Å². The Morgan fingerprint density at radius 3 is 2.70 bits per heavy atom. The van der Waals surface area contributed by atoms with Gasteiger partial charge in [-0.2, -0.15) is 0 Å². The van der Waals surface area contributed by atoms with Crippen molar-refractivity contribution in [2.75, 3.05) is 19.6 Å². The van der Waals surface area contributed by atoms with Gasteiger partial charge < -0.3 is 0 Å². The van der Waals surface area contributed by atoms with E-state index >= 15 is 0 Å². The Morgan fingerprint density at radius 1 is 1.60 bits per heavy atom. The molecule has 1 saturated heterocycles. The molecule has 0 aromatic rings. The summed E-state index contributed by atoms with van der Waals surface area (Å²) in [6.07, 6.45) is 0. The predicted octanol–water partition coefficient (Wildman–Crippen LogP) is -0.0233. The molecule has 0 aromatic heterocycles. The van der Waals surface area contributed by atoms with E-state index < -0.39 is 0 Å². The topological polar surface area (TPSA) is 15.3 Å². The van der Waals surface area contributed by atoms with Crippen molar-refractivity contribution in [3.63, 3.8) is 0 Å². The maximum atomic E-state index is 3.31. The van der Waals surface area contributed by atoms with E-state index in [1.165, 1.54) is 10.9 Å². The Balaban J connectivity index is 2.39. The monoisotopic (exact) mass is 177 g/mol. The summed E-state index contributed by atoms with van der Waals surface area (Å²) in [6.45, 7) is 7.86. The Bertz CT molecular complexity index is 134. The first-order chi connectivity index (χ1) is 4.70. The van der Waals surface area contributed by atoms with Crippen LogP contribution >= 0.6 is 0 Å². The summed E-state index contributed by atoms with van der Waals surface area (Å²) in [7, 11) is 0. The van der Waals surface area contributed by atoms with Crippen LogP contribution in [0.1, 0.15) is 13.8 Å². The molecular weight excluding hydrogens is 163 g/mol. The normalized spacial score (nSPS) is 22.0. The molecule has 1 N–H and O–H groups in total. The van der Waals surface area contributed by atoms with E-state index in [0.29, 0.717) is 6.04 Å². The van der Waals surface area contributed by atoms with Crippen molar-refractivity contribution in [3.8, 4) is 0 Å². The average molecular weight is 177 g/mol. The van der Waals surface area contributed by atoms with Gasteiger partial charge in [0.25, 0.3) is 0 Å². The Morgan fingerprint density at radius 2 is 2.30 bits per heavy atom. The molecule has 10 heavy (non-hydrogen) atoms. The van der Waals surface area contributed by atoms with Crippen LogP contribution in [0.5, 0.6) is 0 Å². The third-order valence-corrected chi connectivity index (χ3v) is 2.28. The molecule has 0 bridgehead atoms. The third kappa shape index (κ3) is 2.20. The van der Waals surface area contributed by atoms with Gasteiger partial charge in [0.1, 0.15) is 0 Å². The van der Waals surface area contributed by atoms with Crippen LogP contribution in [0.25, 0.3) is 0 Å². The summed E-state index contributed by atoms with van der Waals surface area (Å²) < 4.78 is 1.34. The van der Waals surface area contributed by atoms with E-state index in [9.17, 15) is 0 Å². The number of hydrogen-bond donors (Lipinski definition) is 1. The molecule has 0 unspecified atom stereocenters. The first kappa shape index (κ1) is 8.47. The van der Waals surface area contributed by atoms with E-state index in [4.69, 9.17) is 0 Å². The molecule has 0 amide bonds. The van der Waals surface area contributed by atoms with E-state index in [1.807, 2.05) is 0 Å². The molecule has 1 fully saturated rings. The number of hydrogen-bond acceptors (Lipinski definition) is 2. The first-order valence-corrected chi connectivity index (χ1v) is 4.42. The van der Waals surface area contributed by atoms with Crippen LogP contribution in [0, 0.1) is 0 Å². The van der Waals surface area contributed by atoms with Crippen molar-refractivity contribution in [2.45, 2.75) is 19.9 Å². The predicted molar refractivity (Wildman–Crippen MR) is 39.7 cm³/mol. The number of rotatable bonds is 1. The van der Waals surface area contributed by atoms with Gasteiger partial charge in [-0.1, -0.05) is 0 Å². The quantitative estimate of drug-likeness (QED) is 0.605. The van der Waals surface area contributed by atoms with Gasteiger partial charge in [0.2, 0.25) is 0 Å². The second-order valence-electron chi connectivity index (χ2n) is 2.94. The van der Waals surface area contributed by atoms with Gasteiger partial charge in [0.05, 0.1) is 0 Å². The van der Waals surface area contributed by atoms with E-state index in [-0.39, 0.29) is 0 Å². The van der Waals surface area contributed by atoms with E-state index in [2.05, 4.69) is 41.0 Å². The standard InChI is InChI=1S/C7H14N2.V/c1-7(2)9-5-3-8-4-6-9;/h7-8H,3,5-6H2,1-2H3;. The molecule has 0 aromatic carbocycles. The molecule has 2 nitrogen and oxygen atoms in total. The van der Waals surface area contributed by atoms with Crippen molar-refractivity contribution in [2.24, 2.45) is 0 Å². The Kier molecular flexibility index (Phi) is 3.11. The zero-order valence-corrected chi connectivity index (χ0v) is 7.99. The first-order valence-electron chi connectivity index (χ1n) is 3.73. The molecule has 1 aliphatic rings. The number of piperazine rings is 1. The van der Waals surface area contributed by atoms with Crippen LogP contribution in [0.3, 0.4) is 0 Å². The van der Waals surface area contributed by atoms with Crippen LogP contribution in [0.2, 0.25) is 0 Å². The minimum absolute atomic E-state index is 0.682. The number of nitrogens with zero attached hydrogens (tertiary/aromatic N) is 1. The van der Waals surface area contributed by atoms with Crippen molar-refractivity contribution in [1.82, 2.24) is 10.2 Å². The van der Waals surface area contributed by atoms with Crippen molar-refractivity contribution in [3.05, 3.63) is 0 Å². The molecule has 0 saturated carbocycles. The summed E-state index contributed by atoms with van der Waals surface area (Å²) in [5.41, 5.74) is 0. The molecule has 0 atom stereocenters. The molecule has 1 rings (SSSR count). The molecule has 1 aliphatic heterocycles.